The van der Waals surface area contributed by atoms with E-state index in [2.05, 4.69) is 114 Å². The Kier molecular flexibility index (Phi) is 13.1. The van der Waals surface area contributed by atoms with Crippen LogP contribution in [0.4, 0.5) is 0 Å². The van der Waals surface area contributed by atoms with Gasteiger partial charge in [0, 0.05) is 53.4 Å². The van der Waals surface area contributed by atoms with Gasteiger partial charge in [0.1, 0.15) is 12.2 Å². The molecule has 1 N–H and O–H groups in total. The molecular weight excluding hydrogens is 560 g/mol. The maximum atomic E-state index is 13.3. The molecule has 2 saturated heterocycles. The highest BCUT2D eigenvalue weighted by molar-refractivity contribution is 5.87. The molecule has 2 aliphatic carbocycles. The number of piperidine rings is 2. The third kappa shape index (κ3) is 11.7. The second kappa shape index (κ2) is 14.8. The number of nitrogens with one attached hydrogen (secondary N) is 1. The number of hydrogen-bond acceptors (Lipinski definition) is 6. The summed E-state index contributed by atoms with van der Waals surface area (Å²) in [7, 11) is 2.14. The van der Waals surface area contributed by atoms with Crippen LogP contribution in [0.1, 0.15) is 155 Å². The molecule has 4 aliphatic rings. The average Bonchev–Trinajstić information content (AvgIpc) is 2.79. The van der Waals surface area contributed by atoms with Crippen molar-refractivity contribution < 1.29 is 19.1 Å². The van der Waals surface area contributed by atoms with Gasteiger partial charge in [0.2, 0.25) is 0 Å². The van der Waals surface area contributed by atoms with E-state index in [9.17, 15) is 9.59 Å². The Balaban J connectivity index is 0.000000294. The molecule has 0 aromatic carbocycles. The zero-order valence-corrected chi connectivity index (χ0v) is 32.1. The maximum Gasteiger partial charge on any atom is 0.333 e. The number of nitrogens with zero attached hydrogens (tertiary/aromatic N) is 1. The van der Waals surface area contributed by atoms with Gasteiger partial charge in [-0.2, -0.15) is 0 Å². The molecule has 0 aromatic rings. The molecular formula is C39H72N2O4. The quantitative estimate of drug-likeness (QED) is 0.246. The molecule has 2 saturated carbocycles. The zero-order chi connectivity index (χ0) is 34.8. The average molecular weight is 633 g/mol. The predicted octanol–water partition coefficient (Wildman–Crippen LogP) is 9.11. The fourth-order valence-electron chi connectivity index (χ4n) is 9.16. The Morgan fingerprint density at radius 3 is 1.53 bits per heavy atom. The first-order chi connectivity index (χ1) is 20.3. The molecule has 2 atom stereocenters. The number of carbonyl (C=O) groups excluding carboxylic acids is 2. The Morgan fingerprint density at radius 1 is 0.733 bits per heavy atom. The van der Waals surface area contributed by atoms with Crippen molar-refractivity contribution in [2.24, 2.45) is 29.1 Å². The molecule has 4 rings (SSSR count). The fourth-order valence-corrected chi connectivity index (χ4v) is 9.16. The van der Waals surface area contributed by atoms with Crippen LogP contribution in [0.15, 0.2) is 12.2 Å². The van der Waals surface area contributed by atoms with Crippen LogP contribution in [0.25, 0.3) is 0 Å². The van der Waals surface area contributed by atoms with Crippen LogP contribution in [0.3, 0.4) is 0 Å². The molecule has 262 valence electrons. The van der Waals surface area contributed by atoms with E-state index in [1.165, 1.54) is 12.8 Å². The molecule has 45 heavy (non-hydrogen) atoms. The molecule has 6 heteroatoms. The topological polar surface area (TPSA) is 67.9 Å². The first kappa shape index (κ1) is 39.8. The summed E-state index contributed by atoms with van der Waals surface area (Å²) in [5.41, 5.74) is 0.404. The van der Waals surface area contributed by atoms with Crippen molar-refractivity contribution in [2.75, 3.05) is 7.05 Å². The smallest absolute Gasteiger partial charge is 0.333 e. The first-order valence-electron chi connectivity index (χ1n) is 17.9. The lowest BCUT2D eigenvalue weighted by Gasteiger charge is -2.53. The zero-order valence-electron chi connectivity index (χ0n) is 32.1. The van der Waals surface area contributed by atoms with Gasteiger partial charge in [-0.1, -0.05) is 41.2 Å². The van der Waals surface area contributed by atoms with E-state index in [1.54, 1.807) is 6.92 Å². The molecule has 0 radical (unpaired) electrons. The van der Waals surface area contributed by atoms with Crippen LogP contribution in [0.5, 0.6) is 0 Å². The van der Waals surface area contributed by atoms with Crippen LogP contribution < -0.4 is 5.32 Å². The number of fused-ring (bicyclic) bond motifs is 2. The minimum absolute atomic E-state index is 0.0135. The van der Waals surface area contributed by atoms with E-state index in [-0.39, 0.29) is 51.7 Å². The highest BCUT2D eigenvalue weighted by Gasteiger charge is 2.51. The second-order valence-electron chi connectivity index (χ2n) is 18.9. The third-order valence-corrected chi connectivity index (χ3v) is 10.4. The van der Waals surface area contributed by atoms with Crippen LogP contribution >= 0.6 is 0 Å². The number of likely N-dealkylation sites (tertiary alicyclic amines) is 1. The molecule has 6 nitrogen and oxygen atoms in total. The minimum Gasteiger partial charge on any atom is -0.462 e. The molecule has 2 unspecified atom stereocenters. The summed E-state index contributed by atoms with van der Waals surface area (Å²) >= 11 is 0. The van der Waals surface area contributed by atoms with Crippen molar-refractivity contribution in [3.63, 3.8) is 0 Å². The van der Waals surface area contributed by atoms with Gasteiger partial charge in [-0.05, 0) is 125 Å². The Morgan fingerprint density at radius 2 is 1.13 bits per heavy atom. The Bertz CT molecular complexity index is 970. The summed E-state index contributed by atoms with van der Waals surface area (Å²) in [5, 5.41) is 3.68. The SMILES string of the molecule is C=C(C)C(=O)OC1CC(C)(C)N(C)C(C)(C)C1.CC(C)C.CC1CC2CC(C)CC(C(=O)OC3CC(C)(C)NC(C)(C)C3)(C1)C2. The van der Waals surface area contributed by atoms with Gasteiger partial charge in [0.15, 0.2) is 0 Å². The van der Waals surface area contributed by atoms with E-state index >= 15 is 0 Å². The van der Waals surface area contributed by atoms with Gasteiger partial charge in [-0.3, -0.25) is 9.69 Å². The van der Waals surface area contributed by atoms with Gasteiger partial charge in [-0.25, -0.2) is 4.79 Å². The molecule has 0 aromatic heterocycles. The lowest BCUT2D eigenvalue weighted by molar-refractivity contribution is -0.174. The lowest BCUT2D eigenvalue weighted by atomic mass is 9.57. The van der Waals surface area contributed by atoms with Gasteiger partial charge >= 0.3 is 11.9 Å². The van der Waals surface area contributed by atoms with Gasteiger partial charge in [0.25, 0.3) is 0 Å². The summed E-state index contributed by atoms with van der Waals surface area (Å²) in [5.74, 6) is 2.72. The van der Waals surface area contributed by atoms with Crippen LogP contribution in [-0.4, -0.2) is 58.2 Å². The Hall–Kier alpha value is -1.40. The number of carbonyl (C=O) groups is 2. The summed E-state index contributed by atoms with van der Waals surface area (Å²) in [4.78, 5) is 27.2. The van der Waals surface area contributed by atoms with Crippen molar-refractivity contribution in [3.05, 3.63) is 12.2 Å². The first-order valence-corrected chi connectivity index (χ1v) is 17.9. The predicted molar refractivity (Wildman–Crippen MR) is 188 cm³/mol. The van der Waals surface area contributed by atoms with Crippen LogP contribution in [-0.2, 0) is 19.1 Å². The molecule has 0 amide bonds. The van der Waals surface area contributed by atoms with E-state index in [0.717, 1.165) is 56.8 Å². The van der Waals surface area contributed by atoms with Gasteiger partial charge in [-0.15, -0.1) is 0 Å². The largest absolute Gasteiger partial charge is 0.462 e. The molecule has 0 spiro atoms. The van der Waals surface area contributed by atoms with Crippen molar-refractivity contribution in [3.8, 4) is 0 Å². The Labute approximate surface area is 278 Å². The summed E-state index contributed by atoms with van der Waals surface area (Å²) < 4.78 is 11.7. The standard InChI is InChI=1S/C21H37NO2.C14H25NO2.C4H10/c1-14-7-16-8-15(2)10-21(9-14,11-16)18(23)24-17-12-19(3,4)22-20(5,6)13-17;1-10(2)12(16)17-11-8-13(3,4)15(7)14(5,6)9-11;1-4(2)3/h14-17,22H,7-13H2,1-6H3;11H,1,8-9H2,2-7H3;4H,1-3H3. The minimum atomic E-state index is -0.272. The normalized spacial score (nSPS) is 32.2. The molecule has 2 aliphatic heterocycles. The number of ether oxygens (including phenoxy) is 2. The molecule has 2 bridgehead atoms. The fraction of sp³-hybridized carbons (Fsp3) is 0.897. The van der Waals surface area contributed by atoms with Gasteiger partial charge in [0.05, 0.1) is 5.41 Å². The molecule has 2 heterocycles. The highest BCUT2D eigenvalue weighted by atomic mass is 16.5. The van der Waals surface area contributed by atoms with E-state index in [1.807, 2.05) is 0 Å². The van der Waals surface area contributed by atoms with Crippen LogP contribution in [0, 0.1) is 29.1 Å². The molecule has 4 fully saturated rings. The summed E-state index contributed by atoms with van der Waals surface area (Å²) in [6, 6.07) is 0. The third-order valence-electron chi connectivity index (χ3n) is 10.4. The monoisotopic (exact) mass is 633 g/mol. The van der Waals surface area contributed by atoms with Gasteiger partial charge < -0.3 is 14.8 Å². The van der Waals surface area contributed by atoms with E-state index in [4.69, 9.17) is 9.47 Å². The van der Waals surface area contributed by atoms with Crippen molar-refractivity contribution >= 4 is 11.9 Å². The van der Waals surface area contributed by atoms with Crippen molar-refractivity contribution in [2.45, 2.75) is 189 Å². The second-order valence-corrected chi connectivity index (χ2v) is 18.9. The van der Waals surface area contributed by atoms with Crippen LogP contribution in [0.2, 0.25) is 0 Å². The maximum absolute atomic E-state index is 13.3. The van der Waals surface area contributed by atoms with E-state index < -0.39 is 0 Å². The summed E-state index contributed by atoms with van der Waals surface area (Å²) in [6.07, 6.45) is 9.32. The summed E-state index contributed by atoms with van der Waals surface area (Å²) in [6.45, 7) is 34.1. The number of rotatable bonds is 4. The highest BCUT2D eigenvalue weighted by Crippen LogP contribution is 2.53. The number of hydrogen-bond donors (Lipinski definition) is 1. The van der Waals surface area contributed by atoms with Crippen molar-refractivity contribution in [1.82, 2.24) is 10.2 Å². The van der Waals surface area contributed by atoms with E-state index in [0.29, 0.717) is 17.4 Å². The number of esters is 2. The van der Waals surface area contributed by atoms with Crippen molar-refractivity contribution in [1.29, 1.82) is 0 Å². The lowest BCUT2D eigenvalue weighted by Crippen LogP contribution is -2.60.